The number of nitrogens with zero attached hydrogens (tertiary/aromatic N) is 1. The fraction of sp³-hybridized carbons (Fsp3) is 0.500. The molecule has 0 bridgehead atoms. The third-order valence-electron chi connectivity index (χ3n) is 3.20. The number of carbonyl (C=O) groups excluding carboxylic acids is 2. The highest BCUT2D eigenvalue weighted by atomic mass is 35.5. The predicted octanol–water partition coefficient (Wildman–Crippen LogP) is 3.49. The molecule has 1 atom stereocenters. The van der Waals surface area contributed by atoms with E-state index in [4.69, 9.17) is 16.3 Å². The minimum atomic E-state index is -0.574. The zero-order valence-electron chi connectivity index (χ0n) is 12.8. The van der Waals surface area contributed by atoms with Gasteiger partial charge >= 0.3 is 5.97 Å². The largest absolute Gasteiger partial charge is 0.458 e. The monoisotopic (exact) mass is 309 g/mol. The van der Waals surface area contributed by atoms with Gasteiger partial charge in [0.2, 0.25) is 5.91 Å². The number of ether oxygens (including phenoxy) is 1. The Labute approximate surface area is 130 Å². The molecule has 0 N–H and O–H groups in total. The highest BCUT2D eigenvalue weighted by molar-refractivity contribution is 6.31. The molecule has 1 aliphatic rings. The van der Waals surface area contributed by atoms with Crippen molar-refractivity contribution in [2.24, 2.45) is 0 Å². The maximum absolute atomic E-state index is 12.3. The van der Waals surface area contributed by atoms with E-state index in [2.05, 4.69) is 0 Å². The molecule has 1 fully saturated rings. The molecule has 0 aliphatic carbocycles. The van der Waals surface area contributed by atoms with Crippen LogP contribution < -0.4 is 4.90 Å². The standard InChI is InChI=1S/C16H20ClNO3/c1-10-7-11(17)9-12(8-10)18-13(5-6-14(18)19)15(20)21-16(2,3)4/h7-9,13H,5-6H2,1-4H3/t13-/m1/s1. The van der Waals surface area contributed by atoms with Gasteiger partial charge in [-0.3, -0.25) is 9.69 Å². The molecule has 1 amide bonds. The zero-order chi connectivity index (χ0) is 15.8. The van der Waals surface area contributed by atoms with Gasteiger partial charge in [0, 0.05) is 17.1 Å². The van der Waals surface area contributed by atoms with E-state index >= 15 is 0 Å². The van der Waals surface area contributed by atoms with Crippen molar-refractivity contribution in [3.8, 4) is 0 Å². The van der Waals surface area contributed by atoms with Crippen LogP contribution in [0.25, 0.3) is 0 Å². The lowest BCUT2D eigenvalue weighted by atomic mass is 10.1. The van der Waals surface area contributed by atoms with Crippen LogP contribution in [-0.4, -0.2) is 23.5 Å². The summed E-state index contributed by atoms with van der Waals surface area (Å²) in [6.45, 7) is 7.35. The molecule has 1 saturated heterocycles. The molecule has 1 heterocycles. The fourth-order valence-electron chi connectivity index (χ4n) is 2.46. The maximum Gasteiger partial charge on any atom is 0.329 e. The summed E-state index contributed by atoms with van der Waals surface area (Å²) in [5.74, 6) is -0.446. The maximum atomic E-state index is 12.3. The number of hydrogen-bond acceptors (Lipinski definition) is 3. The Kier molecular flexibility index (Phi) is 4.28. The van der Waals surface area contributed by atoms with Crippen molar-refractivity contribution in [2.75, 3.05) is 4.90 Å². The van der Waals surface area contributed by atoms with Gasteiger partial charge in [-0.1, -0.05) is 11.6 Å². The second-order valence-electron chi connectivity index (χ2n) is 6.34. The van der Waals surface area contributed by atoms with E-state index in [9.17, 15) is 9.59 Å². The molecule has 0 saturated carbocycles. The molecule has 4 nitrogen and oxygen atoms in total. The first-order valence-electron chi connectivity index (χ1n) is 6.99. The molecule has 0 radical (unpaired) electrons. The molecule has 1 aromatic carbocycles. The van der Waals surface area contributed by atoms with E-state index in [1.54, 1.807) is 6.07 Å². The average molecular weight is 310 g/mol. The normalized spacial score (nSPS) is 19.0. The third-order valence-corrected chi connectivity index (χ3v) is 3.41. The summed E-state index contributed by atoms with van der Waals surface area (Å²) < 4.78 is 5.42. The Morgan fingerprint density at radius 2 is 2.00 bits per heavy atom. The quantitative estimate of drug-likeness (QED) is 0.786. The number of carbonyl (C=O) groups is 2. The smallest absolute Gasteiger partial charge is 0.329 e. The van der Waals surface area contributed by atoms with Crippen molar-refractivity contribution < 1.29 is 14.3 Å². The van der Waals surface area contributed by atoms with Crippen LogP contribution in [0.1, 0.15) is 39.2 Å². The molecular formula is C16H20ClNO3. The first kappa shape index (κ1) is 15.8. The first-order valence-corrected chi connectivity index (χ1v) is 7.37. The van der Waals surface area contributed by atoms with E-state index in [0.29, 0.717) is 23.6 Å². The fourth-order valence-corrected chi connectivity index (χ4v) is 2.74. The summed E-state index contributed by atoms with van der Waals surface area (Å²) in [6.07, 6.45) is 0.814. The van der Waals surface area contributed by atoms with Gasteiger partial charge < -0.3 is 4.74 Å². The number of amides is 1. The van der Waals surface area contributed by atoms with Crippen molar-refractivity contribution in [1.82, 2.24) is 0 Å². The van der Waals surface area contributed by atoms with Gasteiger partial charge in [0.15, 0.2) is 0 Å². The summed E-state index contributed by atoms with van der Waals surface area (Å²) in [6, 6.07) is 4.80. The molecular weight excluding hydrogens is 290 g/mol. The summed E-state index contributed by atoms with van der Waals surface area (Å²) in [7, 11) is 0. The molecule has 21 heavy (non-hydrogen) atoms. The number of anilines is 1. The van der Waals surface area contributed by atoms with Crippen LogP contribution >= 0.6 is 11.6 Å². The summed E-state index contributed by atoms with van der Waals surface area (Å²) in [5.41, 5.74) is 1.03. The number of hydrogen-bond donors (Lipinski definition) is 0. The van der Waals surface area contributed by atoms with Gasteiger partial charge in [-0.15, -0.1) is 0 Å². The molecule has 0 spiro atoms. The predicted molar refractivity (Wildman–Crippen MR) is 82.5 cm³/mol. The second kappa shape index (κ2) is 5.68. The van der Waals surface area contributed by atoms with Crippen LogP contribution in [0, 0.1) is 6.92 Å². The van der Waals surface area contributed by atoms with Gasteiger partial charge in [0.1, 0.15) is 11.6 Å². The lowest BCUT2D eigenvalue weighted by Gasteiger charge is -2.27. The average Bonchev–Trinajstić information content (AvgIpc) is 2.67. The Bertz CT molecular complexity index is 557. The first-order chi connectivity index (χ1) is 9.67. The highest BCUT2D eigenvalue weighted by Gasteiger charge is 2.39. The van der Waals surface area contributed by atoms with E-state index in [0.717, 1.165) is 5.56 Å². The van der Waals surface area contributed by atoms with Gasteiger partial charge in [-0.25, -0.2) is 4.79 Å². The third kappa shape index (κ3) is 3.76. The van der Waals surface area contributed by atoms with Crippen molar-refractivity contribution in [2.45, 2.75) is 52.2 Å². The molecule has 1 aliphatic heterocycles. The van der Waals surface area contributed by atoms with Gasteiger partial charge in [-0.05, 0) is 57.9 Å². The van der Waals surface area contributed by atoms with E-state index in [1.807, 2.05) is 39.8 Å². The van der Waals surface area contributed by atoms with Crippen LogP contribution in [0.4, 0.5) is 5.69 Å². The lowest BCUT2D eigenvalue weighted by Crippen LogP contribution is -2.42. The molecule has 0 unspecified atom stereocenters. The van der Waals surface area contributed by atoms with Crippen molar-refractivity contribution in [3.05, 3.63) is 28.8 Å². The summed E-state index contributed by atoms with van der Waals surface area (Å²) in [5, 5.41) is 0.549. The zero-order valence-corrected chi connectivity index (χ0v) is 13.5. The highest BCUT2D eigenvalue weighted by Crippen LogP contribution is 2.31. The topological polar surface area (TPSA) is 46.6 Å². The Balaban J connectivity index is 2.30. The number of halogens is 1. The molecule has 0 aromatic heterocycles. The van der Waals surface area contributed by atoms with Crippen molar-refractivity contribution in [1.29, 1.82) is 0 Å². The number of esters is 1. The summed E-state index contributed by atoms with van der Waals surface area (Å²) in [4.78, 5) is 26.0. The SMILES string of the molecule is Cc1cc(Cl)cc(N2C(=O)CC[C@@H]2C(=O)OC(C)(C)C)c1. The van der Waals surface area contributed by atoms with E-state index in [1.165, 1.54) is 4.90 Å². The molecule has 5 heteroatoms. The molecule has 1 aromatic rings. The van der Waals surface area contributed by atoms with E-state index in [-0.39, 0.29) is 11.9 Å². The minimum Gasteiger partial charge on any atom is -0.458 e. The number of rotatable bonds is 2. The summed E-state index contributed by atoms with van der Waals surface area (Å²) >= 11 is 6.06. The van der Waals surface area contributed by atoms with Gasteiger partial charge in [-0.2, -0.15) is 0 Å². The molecule has 2 rings (SSSR count). The van der Waals surface area contributed by atoms with Crippen molar-refractivity contribution >= 4 is 29.2 Å². The van der Waals surface area contributed by atoms with Crippen LogP contribution in [0.3, 0.4) is 0 Å². The number of benzene rings is 1. The molecule has 114 valence electrons. The lowest BCUT2D eigenvalue weighted by molar-refractivity contribution is -0.156. The van der Waals surface area contributed by atoms with Crippen LogP contribution in [0.2, 0.25) is 5.02 Å². The Morgan fingerprint density at radius 3 is 2.57 bits per heavy atom. The Hall–Kier alpha value is -1.55. The van der Waals surface area contributed by atoms with Crippen LogP contribution in [0.5, 0.6) is 0 Å². The minimum absolute atomic E-state index is 0.0764. The number of aryl methyl sites for hydroxylation is 1. The van der Waals surface area contributed by atoms with E-state index < -0.39 is 11.6 Å². The second-order valence-corrected chi connectivity index (χ2v) is 6.77. The van der Waals surface area contributed by atoms with Crippen LogP contribution in [-0.2, 0) is 14.3 Å². The van der Waals surface area contributed by atoms with Gasteiger partial charge in [0.25, 0.3) is 0 Å². The van der Waals surface area contributed by atoms with Crippen LogP contribution in [0.15, 0.2) is 18.2 Å². The Morgan fingerprint density at radius 1 is 1.33 bits per heavy atom. The van der Waals surface area contributed by atoms with Gasteiger partial charge in [0.05, 0.1) is 0 Å². The van der Waals surface area contributed by atoms with Crippen molar-refractivity contribution in [3.63, 3.8) is 0 Å².